The molecule has 6 heteroatoms. The van der Waals surface area contributed by atoms with Gasteiger partial charge < -0.3 is 5.11 Å². The van der Waals surface area contributed by atoms with Crippen molar-refractivity contribution in [3.8, 4) is 28.7 Å². The second-order valence-electron chi connectivity index (χ2n) is 5.05. The molecule has 0 bridgehead atoms. The van der Waals surface area contributed by atoms with Gasteiger partial charge in [-0.05, 0) is 29.7 Å². The first-order valence-corrected chi connectivity index (χ1v) is 6.98. The Hall–Kier alpha value is -3.28. The molecule has 0 aliphatic heterocycles. The molecule has 0 spiro atoms. The van der Waals surface area contributed by atoms with Crippen LogP contribution in [0.1, 0.15) is 0 Å². The van der Waals surface area contributed by atoms with E-state index in [-0.39, 0.29) is 17.1 Å². The number of nitrogens with zero attached hydrogens (tertiary/aromatic N) is 3. The zero-order valence-electron chi connectivity index (χ0n) is 11.9. The van der Waals surface area contributed by atoms with E-state index in [1.165, 1.54) is 18.2 Å². The van der Waals surface area contributed by atoms with Gasteiger partial charge in [-0.3, -0.25) is 10.1 Å². The minimum absolute atomic E-state index is 0.0807. The lowest BCUT2D eigenvalue weighted by molar-refractivity contribution is 0.475. The van der Waals surface area contributed by atoms with Gasteiger partial charge in [0.05, 0.1) is 5.56 Å². The van der Waals surface area contributed by atoms with Crippen molar-refractivity contribution in [2.75, 3.05) is 0 Å². The Morgan fingerprint density at radius 1 is 1.04 bits per heavy atom. The maximum absolute atomic E-state index is 13.4. The molecular weight excluding hydrogens is 295 g/mol. The molecule has 4 rings (SSSR count). The van der Waals surface area contributed by atoms with Gasteiger partial charge in [0.2, 0.25) is 0 Å². The van der Waals surface area contributed by atoms with Crippen LogP contribution in [0.4, 0.5) is 4.39 Å². The first-order chi connectivity index (χ1) is 11.2. The Balaban J connectivity index is 1.86. The number of hydrogen-bond acceptors (Lipinski definition) is 4. The van der Waals surface area contributed by atoms with Gasteiger partial charge in [0.25, 0.3) is 0 Å². The van der Waals surface area contributed by atoms with Crippen molar-refractivity contribution >= 4 is 10.8 Å². The predicted octanol–water partition coefficient (Wildman–Crippen LogP) is 3.53. The summed E-state index contributed by atoms with van der Waals surface area (Å²) < 4.78 is 13.4. The number of halogens is 1. The second-order valence-corrected chi connectivity index (χ2v) is 5.05. The van der Waals surface area contributed by atoms with Gasteiger partial charge in [-0.25, -0.2) is 9.37 Å². The Labute approximate surface area is 130 Å². The van der Waals surface area contributed by atoms with Crippen molar-refractivity contribution in [1.82, 2.24) is 20.2 Å². The van der Waals surface area contributed by atoms with Crippen LogP contribution in [0.25, 0.3) is 33.7 Å². The highest BCUT2D eigenvalue weighted by Gasteiger charge is 2.14. The fourth-order valence-corrected chi connectivity index (χ4v) is 2.48. The van der Waals surface area contributed by atoms with E-state index in [2.05, 4.69) is 20.2 Å². The van der Waals surface area contributed by atoms with Crippen LogP contribution in [0.15, 0.2) is 54.7 Å². The standard InChI is InChI=1S/C17H11FN4O/c18-11-5-6-14(23)13(9-11)16-20-17(22-21-16)15-12-4-2-1-3-10(12)7-8-19-15/h1-9,23H,(H,20,21,22). The molecule has 0 aliphatic rings. The summed E-state index contributed by atoms with van der Waals surface area (Å²) in [5.41, 5.74) is 0.880. The third kappa shape index (κ3) is 2.30. The first-order valence-electron chi connectivity index (χ1n) is 6.98. The SMILES string of the molecule is Oc1ccc(F)cc1-c1n[nH]c(-c2nccc3ccccc23)n1. The molecule has 2 aromatic heterocycles. The smallest absolute Gasteiger partial charge is 0.185 e. The second kappa shape index (κ2) is 5.17. The molecule has 0 unspecified atom stereocenters. The van der Waals surface area contributed by atoms with Gasteiger partial charge in [-0.1, -0.05) is 24.3 Å². The predicted molar refractivity (Wildman–Crippen MR) is 84.2 cm³/mol. The number of H-pyrrole nitrogens is 1. The number of benzene rings is 2. The fraction of sp³-hybridized carbons (Fsp3) is 0. The van der Waals surface area contributed by atoms with E-state index >= 15 is 0 Å². The summed E-state index contributed by atoms with van der Waals surface area (Å²) in [6.07, 6.45) is 1.69. The van der Waals surface area contributed by atoms with Crippen LogP contribution in [-0.4, -0.2) is 25.3 Å². The van der Waals surface area contributed by atoms with Crippen molar-refractivity contribution in [3.63, 3.8) is 0 Å². The van der Waals surface area contributed by atoms with E-state index in [1.807, 2.05) is 30.3 Å². The molecule has 0 atom stereocenters. The van der Waals surface area contributed by atoms with Gasteiger partial charge in [-0.15, -0.1) is 0 Å². The van der Waals surface area contributed by atoms with E-state index in [4.69, 9.17) is 0 Å². The van der Waals surface area contributed by atoms with E-state index in [0.29, 0.717) is 11.5 Å². The lowest BCUT2D eigenvalue weighted by Gasteiger charge is -2.02. The number of aromatic amines is 1. The van der Waals surface area contributed by atoms with Gasteiger partial charge in [0, 0.05) is 11.6 Å². The van der Waals surface area contributed by atoms with Crippen LogP contribution >= 0.6 is 0 Å². The molecule has 0 saturated carbocycles. The summed E-state index contributed by atoms with van der Waals surface area (Å²) in [5.74, 6) is 0.127. The van der Waals surface area contributed by atoms with E-state index in [0.717, 1.165) is 10.8 Å². The number of phenolic OH excluding ortho intramolecular Hbond substituents is 1. The van der Waals surface area contributed by atoms with Crippen LogP contribution in [0, 0.1) is 5.82 Å². The highest BCUT2D eigenvalue weighted by atomic mass is 19.1. The Bertz CT molecular complexity index is 1010. The van der Waals surface area contributed by atoms with Crippen molar-refractivity contribution in [2.45, 2.75) is 0 Å². The molecule has 5 nitrogen and oxygen atoms in total. The van der Waals surface area contributed by atoms with Gasteiger partial charge in [0.1, 0.15) is 17.3 Å². The molecule has 2 N–H and O–H groups in total. The normalized spacial score (nSPS) is 11.0. The van der Waals surface area contributed by atoms with Gasteiger partial charge in [0.15, 0.2) is 11.6 Å². The molecule has 2 aromatic carbocycles. The highest BCUT2D eigenvalue weighted by Crippen LogP contribution is 2.29. The minimum Gasteiger partial charge on any atom is -0.507 e. The lowest BCUT2D eigenvalue weighted by atomic mass is 10.1. The summed E-state index contributed by atoms with van der Waals surface area (Å²) in [4.78, 5) is 8.70. The molecule has 112 valence electrons. The number of phenols is 1. The molecule has 0 amide bonds. The quantitative estimate of drug-likeness (QED) is 0.594. The van der Waals surface area contributed by atoms with E-state index in [1.54, 1.807) is 6.20 Å². The average Bonchev–Trinajstić information content (AvgIpc) is 3.06. The van der Waals surface area contributed by atoms with E-state index in [9.17, 15) is 9.50 Å². The molecule has 0 fully saturated rings. The Morgan fingerprint density at radius 2 is 1.91 bits per heavy atom. The maximum atomic E-state index is 13.4. The van der Waals surface area contributed by atoms with Crippen LogP contribution in [-0.2, 0) is 0 Å². The van der Waals surface area contributed by atoms with Crippen molar-refractivity contribution < 1.29 is 9.50 Å². The number of fused-ring (bicyclic) bond motifs is 1. The lowest BCUT2D eigenvalue weighted by Crippen LogP contribution is -1.88. The summed E-state index contributed by atoms with van der Waals surface area (Å²) >= 11 is 0. The molecule has 4 aromatic rings. The van der Waals surface area contributed by atoms with Gasteiger partial charge in [-0.2, -0.15) is 5.10 Å². The molecule has 23 heavy (non-hydrogen) atoms. The van der Waals surface area contributed by atoms with Crippen molar-refractivity contribution in [1.29, 1.82) is 0 Å². The Morgan fingerprint density at radius 3 is 2.83 bits per heavy atom. The first kappa shape index (κ1) is 13.4. The van der Waals surface area contributed by atoms with Crippen molar-refractivity contribution in [2.24, 2.45) is 0 Å². The van der Waals surface area contributed by atoms with Crippen LogP contribution in [0.3, 0.4) is 0 Å². The summed E-state index contributed by atoms with van der Waals surface area (Å²) in [7, 11) is 0. The summed E-state index contributed by atoms with van der Waals surface area (Å²) in [5, 5.41) is 18.7. The highest BCUT2D eigenvalue weighted by molar-refractivity contribution is 5.92. The molecule has 0 saturated heterocycles. The van der Waals surface area contributed by atoms with Crippen LogP contribution < -0.4 is 0 Å². The molecule has 2 heterocycles. The molecule has 0 radical (unpaired) electrons. The summed E-state index contributed by atoms with van der Waals surface area (Å²) in [6.45, 7) is 0. The number of aromatic hydroxyl groups is 1. The van der Waals surface area contributed by atoms with E-state index < -0.39 is 5.82 Å². The number of nitrogens with one attached hydrogen (secondary N) is 1. The van der Waals surface area contributed by atoms with Crippen LogP contribution in [0.5, 0.6) is 5.75 Å². The molecule has 0 aliphatic carbocycles. The Kier molecular flexibility index (Phi) is 3.01. The number of hydrogen-bond donors (Lipinski definition) is 2. The molecular formula is C17H11FN4O. The van der Waals surface area contributed by atoms with Crippen LogP contribution in [0.2, 0.25) is 0 Å². The fourth-order valence-electron chi connectivity index (χ4n) is 2.48. The number of rotatable bonds is 2. The van der Waals surface area contributed by atoms with Crippen molar-refractivity contribution in [3.05, 3.63) is 60.5 Å². The largest absolute Gasteiger partial charge is 0.507 e. The summed E-state index contributed by atoms with van der Waals surface area (Å²) in [6, 6.07) is 13.4. The minimum atomic E-state index is -0.465. The third-order valence-corrected chi connectivity index (χ3v) is 3.58. The van der Waals surface area contributed by atoms with Gasteiger partial charge >= 0.3 is 0 Å². The number of aromatic nitrogens is 4. The zero-order valence-corrected chi connectivity index (χ0v) is 11.9. The monoisotopic (exact) mass is 306 g/mol. The topological polar surface area (TPSA) is 74.7 Å². The maximum Gasteiger partial charge on any atom is 0.185 e. The number of pyridine rings is 1. The third-order valence-electron chi connectivity index (χ3n) is 3.58. The average molecular weight is 306 g/mol. The zero-order chi connectivity index (χ0) is 15.8.